The molecule has 3 aromatic rings. The van der Waals surface area contributed by atoms with Crippen LogP contribution in [0.2, 0.25) is 0 Å². The highest BCUT2D eigenvalue weighted by Crippen LogP contribution is 2.13. The molecule has 0 aliphatic carbocycles. The Labute approximate surface area is 108 Å². The van der Waals surface area contributed by atoms with Crippen molar-refractivity contribution in [3.05, 3.63) is 54.0 Å². The molecule has 1 aromatic carbocycles. The van der Waals surface area contributed by atoms with Crippen molar-refractivity contribution in [2.45, 2.75) is 6.92 Å². The molecule has 0 saturated carbocycles. The van der Waals surface area contributed by atoms with E-state index in [2.05, 4.69) is 20.4 Å². The minimum atomic E-state index is -0.327. The zero-order chi connectivity index (χ0) is 13.2. The molecule has 0 radical (unpaired) electrons. The quantitative estimate of drug-likeness (QED) is 0.704. The number of hydrogen-bond acceptors (Lipinski definition) is 4. The first-order valence-corrected chi connectivity index (χ1v) is 5.71. The molecule has 0 unspecified atom stereocenters. The van der Waals surface area contributed by atoms with Crippen molar-refractivity contribution >= 4 is 0 Å². The van der Waals surface area contributed by atoms with E-state index < -0.39 is 0 Å². The van der Waals surface area contributed by atoms with Crippen LogP contribution in [0, 0.1) is 12.7 Å². The number of rotatable bonds is 2. The van der Waals surface area contributed by atoms with Crippen LogP contribution in [0.15, 0.2) is 42.6 Å². The summed E-state index contributed by atoms with van der Waals surface area (Å²) in [6, 6.07) is 10.0. The van der Waals surface area contributed by atoms with Gasteiger partial charge in [-0.15, -0.1) is 15.0 Å². The monoisotopic (exact) mass is 255 g/mol. The molecule has 19 heavy (non-hydrogen) atoms. The smallest absolute Gasteiger partial charge is 0.223 e. The molecule has 5 nitrogen and oxygen atoms in total. The van der Waals surface area contributed by atoms with Gasteiger partial charge in [0.2, 0.25) is 5.82 Å². The zero-order valence-corrected chi connectivity index (χ0v) is 10.2. The number of pyridine rings is 1. The molecule has 0 aliphatic rings. The van der Waals surface area contributed by atoms with E-state index in [-0.39, 0.29) is 5.82 Å². The second-order valence-corrected chi connectivity index (χ2v) is 4.10. The van der Waals surface area contributed by atoms with Gasteiger partial charge < -0.3 is 0 Å². The third-order valence-corrected chi connectivity index (χ3v) is 2.57. The Kier molecular flexibility index (Phi) is 2.75. The lowest BCUT2D eigenvalue weighted by atomic mass is 10.2. The number of tetrazole rings is 1. The number of halogens is 1. The fourth-order valence-corrected chi connectivity index (χ4v) is 1.75. The third kappa shape index (κ3) is 2.33. The van der Waals surface area contributed by atoms with Crippen LogP contribution in [0.3, 0.4) is 0 Å². The predicted molar refractivity (Wildman–Crippen MR) is 67.1 cm³/mol. The van der Waals surface area contributed by atoms with Crippen LogP contribution in [0.4, 0.5) is 4.39 Å². The number of hydrogen-bond donors (Lipinski definition) is 0. The van der Waals surface area contributed by atoms with Crippen LogP contribution in [0.1, 0.15) is 5.56 Å². The Bertz CT molecular complexity index is 688. The molecule has 0 amide bonds. The molecule has 0 atom stereocenters. The Morgan fingerprint density at radius 2 is 2.05 bits per heavy atom. The van der Waals surface area contributed by atoms with Gasteiger partial charge in [0.1, 0.15) is 11.5 Å². The molecule has 0 aliphatic heterocycles. The maximum atomic E-state index is 13.3. The van der Waals surface area contributed by atoms with Crippen molar-refractivity contribution in [3.63, 3.8) is 0 Å². The first-order chi connectivity index (χ1) is 9.22. The second kappa shape index (κ2) is 4.56. The summed E-state index contributed by atoms with van der Waals surface area (Å²) in [5.74, 6) is 0.0780. The van der Waals surface area contributed by atoms with E-state index >= 15 is 0 Å². The van der Waals surface area contributed by atoms with Crippen LogP contribution in [-0.4, -0.2) is 25.2 Å². The van der Waals surface area contributed by atoms with E-state index in [9.17, 15) is 4.39 Å². The van der Waals surface area contributed by atoms with Crippen LogP contribution in [0.5, 0.6) is 0 Å². The summed E-state index contributed by atoms with van der Waals surface area (Å²) in [7, 11) is 0. The molecule has 2 heterocycles. The normalized spacial score (nSPS) is 10.6. The number of nitrogens with zero attached hydrogens (tertiary/aromatic N) is 5. The summed E-state index contributed by atoms with van der Waals surface area (Å²) in [5, 5.41) is 12.0. The van der Waals surface area contributed by atoms with Gasteiger partial charge in [0, 0.05) is 12.3 Å². The summed E-state index contributed by atoms with van der Waals surface area (Å²) in [4.78, 5) is 5.43. The summed E-state index contributed by atoms with van der Waals surface area (Å²) in [6.45, 7) is 1.81. The van der Waals surface area contributed by atoms with Gasteiger partial charge in [0.25, 0.3) is 0 Å². The summed E-state index contributed by atoms with van der Waals surface area (Å²) >= 11 is 0. The molecule has 0 fully saturated rings. The predicted octanol–water partition coefficient (Wildman–Crippen LogP) is 2.17. The highest BCUT2D eigenvalue weighted by Gasteiger charge is 2.09. The third-order valence-electron chi connectivity index (χ3n) is 2.57. The SMILES string of the molecule is Cc1cc(F)cc(-n2nnc(-c3ccccn3)n2)c1. The van der Waals surface area contributed by atoms with Crippen molar-refractivity contribution in [1.29, 1.82) is 0 Å². The fraction of sp³-hybridized carbons (Fsp3) is 0.0769. The van der Waals surface area contributed by atoms with Gasteiger partial charge in [0.15, 0.2) is 0 Å². The van der Waals surface area contributed by atoms with Crippen LogP contribution >= 0.6 is 0 Å². The van der Waals surface area contributed by atoms with E-state index in [1.165, 1.54) is 16.9 Å². The fourth-order valence-electron chi connectivity index (χ4n) is 1.75. The van der Waals surface area contributed by atoms with Crippen LogP contribution in [-0.2, 0) is 0 Å². The van der Waals surface area contributed by atoms with E-state index in [4.69, 9.17) is 0 Å². The average Bonchev–Trinajstić information content (AvgIpc) is 2.88. The Morgan fingerprint density at radius 3 is 2.79 bits per heavy atom. The van der Waals surface area contributed by atoms with E-state index in [0.717, 1.165) is 5.56 Å². The summed E-state index contributed by atoms with van der Waals surface area (Å²) < 4.78 is 13.3. The van der Waals surface area contributed by atoms with Crippen molar-refractivity contribution in [2.75, 3.05) is 0 Å². The largest absolute Gasteiger partial charge is 0.253 e. The van der Waals surface area contributed by atoms with Crippen LogP contribution in [0.25, 0.3) is 17.2 Å². The minimum absolute atomic E-state index is 0.327. The first-order valence-electron chi connectivity index (χ1n) is 5.71. The van der Waals surface area contributed by atoms with Gasteiger partial charge in [-0.25, -0.2) is 4.39 Å². The zero-order valence-electron chi connectivity index (χ0n) is 10.2. The van der Waals surface area contributed by atoms with Crippen molar-refractivity contribution in [2.24, 2.45) is 0 Å². The number of aromatic nitrogens is 5. The van der Waals surface area contributed by atoms with E-state index in [0.29, 0.717) is 17.2 Å². The lowest BCUT2D eigenvalue weighted by molar-refractivity contribution is 0.619. The Balaban J connectivity index is 2.02. The standard InChI is InChI=1S/C13H10FN5/c1-9-6-10(14)8-11(7-9)19-17-13(16-18-19)12-4-2-3-5-15-12/h2-8H,1H3. The lowest BCUT2D eigenvalue weighted by Gasteiger charge is -2.00. The number of benzene rings is 1. The molecule has 0 saturated heterocycles. The van der Waals surface area contributed by atoms with Gasteiger partial charge in [-0.05, 0) is 42.0 Å². The molecule has 6 heteroatoms. The topological polar surface area (TPSA) is 56.5 Å². The second-order valence-electron chi connectivity index (χ2n) is 4.10. The van der Waals surface area contributed by atoms with E-state index in [1.807, 2.05) is 19.1 Å². The van der Waals surface area contributed by atoms with E-state index in [1.54, 1.807) is 18.3 Å². The highest BCUT2D eigenvalue weighted by atomic mass is 19.1. The Hall–Kier alpha value is -2.63. The molecular weight excluding hydrogens is 245 g/mol. The molecule has 0 spiro atoms. The van der Waals surface area contributed by atoms with Crippen molar-refractivity contribution in [1.82, 2.24) is 25.2 Å². The maximum Gasteiger partial charge on any atom is 0.223 e. The molecule has 0 bridgehead atoms. The summed E-state index contributed by atoms with van der Waals surface area (Å²) in [6.07, 6.45) is 1.66. The van der Waals surface area contributed by atoms with Gasteiger partial charge in [0.05, 0.1) is 5.69 Å². The minimum Gasteiger partial charge on any atom is -0.253 e. The maximum absolute atomic E-state index is 13.3. The lowest BCUT2D eigenvalue weighted by Crippen LogP contribution is -2.00. The van der Waals surface area contributed by atoms with Crippen molar-refractivity contribution in [3.8, 4) is 17.2 Å². The molecule has 3 rings (SSSR count). The molecule has 2 aromatic heterocycles. The van der Waals surface area contributed by atoms with Gasteiger partial charge in [-0.2, -0.15) is 0 Å². The molecular formula is C13H10FN5. The first kappa shape index (κ1) is 11.5. The Morgan fingerprint density at radius 1 is 1.16 bits per heavy atom. The van der Waals surface area contributed by atoms with Gasteiger partial charge in [-0.1, -0.05) is 6.07 Å². The average molecular weight is 255 g/mol. The summed E-state index contributed by atoms with van der Waals surface area (Å²) in [5.41, 5.74) is 1.96. The molecule has 94 valence electrons. The highest BCUT2D eigenvalue weighted by molar-refractivity contribution is 5.47. The van der Waals surface area contributed by atoms with Crippen LogP contribution < -0.4 is 0 Å². The van der Waals surface area contributed by atoms with Gasteiger partial charge >= 0.3 is 0 Å². The molecule has 0 N–H and O–H groups in total. The van der Waals surface area contributed by atoms with Crippen molar-refractivity contribution < 1.29 is 4.39 Å². The van der Waals surface area contributed by atoms with Gasteiger partial charge in [-0.3, -0.25) is 4.98 Å². The number of aryl methyl sites for hydroxylation is 1.